The van der Waals surface area contributed by atoms with Crippen molar-refractivity contribution in [2.45, 2.75) is 38.9 Å². The van der Waals surface area contributed by atoms with Crippen LogP contribution in [0.2, 0.25) is 0 Å². The minimum absolute atomic E-state index is 0.131. The molecule has 0 aliphatic carbocycles. The number of ketones is 1. The maximum atomic E-state index is 13.6. The number of hydrogen-bond donors (Lipinski definition) is 0. The van der Waals surface area contributed by atoms with Gasteiger partial charge in [-0.15, -0.1) is 0 Å². The van der Waals surface area contributed by atoms with E-state index in [-0.39, 0.29) is 17.6 Å². The molecule has 3 heteroatoms. The van der Waals surface area contributed by atoms with Crippen LogP contribution in [0, 0.1) is 0 Å². The summed E-state index contributed by atoms with van der Waals surface area (Å²) in [7, 11) is 0. The second-order valence-corrected chi connectivity index (χ2v) is 8.47. The normalized spacial score (nSPS) is 12.5. The molecular formula is C31H30O3. The number of Topliss-reactive ketones (excluding diaryl/α,β-unsaturated/α-hetero) is 1. The van der Waals surface area contributed by atoms with Crippen molar-refractivity contribution >= 4 is 5.78 Å². The Kier molecular flexibility index (Phi) is 7.77. The predicted octanol–water partition coefficient (Wildman–Crippen LogP) is 7.32. The van der Waals surface area contributed by atoms with Crippen LogP contribution in [-0.4, -0.2) is 5.78 Å². The van der Waals surface area contributed by atoms with E-state index in [0.717, 1.165) is 33.8 Å². The number of hydrogen-bond acceptors (Lipinski definition) is 3. The van der Waals surface area contributed by atoms with Crippen LogP contribution in [0.4, 0.5) is 0 Å². The molecule has 0 aromatic heterocycles. The van der Waals surface area contributed by atoms with Crippen LogP contribution in [0.15, 0.2) is 109 Å². The van der Waals surface area contributed by atoms with Gasteiger partial charge in [0.25, 0.3) is 0 Å². The molecule has 172 valence electrons. The summed E-state index contributed by atoms with van der Waals surface area (Å²) >= 11 is 0. The Balaban J connectivity index is 1.49. The lowest BCUT2D eigenvalue weighted by atomic mass is 9.85. The lowest BCUT2D eigenvalue weighted by Crippen LogP contribution is -2.18. The molecule has 4 aromatic rings. The quantitative estimate of drug-likeness (QED) is 0.254. The second-order valence-electron chi connectivity index (χ2n) is 8.47. The van der Waals surface area contributed by atoms with Crippen molar-refractivity contribution in [3.8, 4) is 11.5 Å². The Bertz CT molecular complexity index is 1110. The van der Waals surface area contributed by atoms with E-state index in [1.807, 2.05) is 123 Å². The van der Waals surface area contributed by atoms with E-state index in [1.165, 1.54) is 0 Å². The van der Waals surface area contributed by atoms with Crippen LogP contribution < -0.4 is 9.47 Å². The summed E-state index contributed by atoms with van der Waals surface area (Å²) in [4.78, 5) is 13.6. The molecule has 4 rings (SSSR count). The summed E-state index contributed by atoms with van der Waals surface area (Å²) < 4.78 is 12.2. The summed E-state index contributed by atoms with van der Waals surface area (Å²) in [5.41, 5.74) is 3.99. The molecule has 2 atom stereocenters. The van der Waals surface area contributed by atoms with Gasteiger partial charge in [0.2, 0.25) is 0 Å². The average molecular weight is 451 g/mol. The van der Waals surface area contributed by atoms with E-state index in [4.69, 9.17) is 9.47 Å². The van der Waals surface area contributed by atoms with E-state index in [0.29, 0.717) is 13.2 Å². The first-order valence-electron chi connectivity index (χ1n) is 11.7. The van der Waals surface area contributed by atoms with Gasteiger partial charge in [-0.1, -0.05) is 111 Å². The van der Waals surface area contributed by atoms with Crippen molar-refractivity contribution in [2.75, 3.05) is 0 Å². The molecule has 0 bridgehead atoms. The maximum absolute atomic E-state index is 13.6. The van der Waals surface area contributed by atoms with E-state index < -0.39 is 0 Å². The van der Waals surface area contributed by atoms with E-state index in [2.05, 4.69) is 0 Å². The van der Waals surface area contributed by atoms with Crippen molar-refractivity contribution in [1.29, 1.82) is 0 Å². The first kappa shape index (κ1) is 23.3. The van der Waals surface area contributed by atoms with Crippen LogP contribution in [-0.2, 0) is 18.0 Å². The minimum Gasteiger partial charge on any atom is -0.489 e. The van der Waals surface area contributed by atoms with Crippen LogP contribution >= 0.6 is 0 Å². The van der Waals surface area contributed by atoms with E-state index in [9.17, 15) is 4.79 Å². The van der Waals surface area contributed by atoms with Gasteiger partial charge in [0, 0.05) is 23.0 Å². The molecule has 2 unspecified atom stereocenters. The smallest absolute Gasteiger partial charge is 0.147 e. The third kappa shape index (κ3) is 5.74. The molecule has 0 N–H and O–H groups in total. The lowest BCUT2D eigenvalue weighted by Gasteiger charge is -2.21. The predicted molar refractivity (Wildman–Crippen MR) is 136 cm³/mol. The van der Waals surface area contributed by atoms with Crippen molar-refractivity contribution in [1.82, 2.24) is 0 Å². The third-order valence-electron chi connectivity index (χ3n) is 6.10. The second kappa shape index (κ2) is 11.3. The fourth-order valence-electron chi connectivity index (χ4n) is 4.09. The first-order valence-corrected chi connectivity index (χ1v) is 11.7. The Morgan fingerprint density at radius 3 is 1.32 bits per heavy atom. The topological polar surface area (TPSA) is 35.5 Å². The number of para-hydroxylation sites is 2. The maximum Gasteiger partial charge on any atom is 0.147 e. The molecule has 0 amide bonds. The Hall–Kier alpha value is -3.85. The molecule has 0 fully saturated rings. The summed E-state index contributed by atoms with van der Waals surface area (Å²) in [5, 5.41) is 0. The number of rotatable bonds is 10. The summed E-state index contributed by atoms with van der Waals surface area (Å²) in [6, 6.07) is 35.7. The molecule has 3 nitrogen and oxygen atoms in total. The van der Waals surface area contributed by atoms with Crippen molar-refractivity contribution in [3.05, 3.63) is 131 Å². The molecule has 0 aliphatic rings. The highest BCUT2D eigenvalue weighted by molar-refractivity contribution is 5.92. The fraction of sp³-hybridized carbons (Fsp3) is 0.194. The van der Waals surface area contributed by atoms with Crippen LogP contribution in [0.25, 0.3) is 0 Å². The van der Waals surface area contributed by atoms with Gasteiger partial charge >= 0.3 is 0 Å². The zero-order valence-corrected chi connectivity index (χ0v) is 19.7. The number of benzene rings is 4. The van der Waals surface area contributed by atoms with Gasteiger partial charge in [0.1, 0.15) is 30.5 Å². The van der Waals surface area contributed by atoms with Crippen molar-refractivity contribution < 1.29 is 14.3 Å². The summed E-state index contributed by atoms with van der Waals surface area (Å²) in [6.45, 7) is 4.84. The molecule has 0 saturated heterocycles. The van der Waals surface area contributed by atoms with Gasteiger partial charge in [0.15, 0.2) is 0 Å². The lowest BCUT2D eigenvalue weighted by molar-refractivity contribution is -0.121. The van der Waals surface area contributed by atoms with Crippen LogP contribution in [0.3, 0.4) is 0 Å². The van der Waals surface area contributed by atoms with Crippen molar-refractivity contribution in [2.24, 2.45) is 0 Å². The van der Waals surface area contributed by atoms with Gasteiger partial charge in [-0.3, -0.25) is 4.79 Å². The first-order chi connectivity index (χ1) is 16.6. The highest BCUT2D eigenvalue weighted by atomic mass is 16.5. The van der Waals surface area contributed by atoms with Crippen LogP contribution in [0.5, 0.6) is 11.5 Å². The highest BCUT2D eigenvalue weighted by Crippen LogP contribution is 2.35. The molecule has 0 aliphatic heterocycles. The monoisotopic (exact) mass is 450 g/mol. The number of ether oxygens (including phenoxy) is 2. The molecule has 0 radical (unpaired) electrons. The number of carbonyl (C=O) groups excluding carboxylic acids is 1. The Morgan fingerprint density at radius 2 is 0.912 bits per heavy atom. The van der Waals surface area contributed by atoms with E-state index in [1.54, 1.807) is 0 Å². The number of carbonyl (C=O) groups is 1. The zero-order chi connectivity index (χ0) is 23.8. The largest absolute Gasteiger partial charge is 0.489 e. The molecule has 0 heterocycles. The van der Waals surface area contributed by atoms with Gasteiger partial charge in [-0.05, 0) is 23.3 Å². The molecule has 0 spiro atoms. The van der Waals surface area contributed by atoms with E-state index >= 15 is 0 Å². The van der Waals surface area contributed by atoms with Crippen LogP contribution in [0.1, 0.15) is 47.9 Å². The third-order valence-corrected chi connectivity index (χ3v) is 6.10. The van der Waals surface area contributed by atoms with Crippen molar-refractivity contribution in [3.63, 3.8) is 0 Å². The molecule has 34 heavy (non-hydrogen) atoms. The molecule has 4 aromatic carbocycles. The highest BCUT2D eigenvalue weighted by Gasteiger charge is 2.27. The van der Waals surface area contributed by atoms with Gasteiger partial charge in [-0.25, -0.2) is 0 Å². The SMILES string of the molecule is CC(C(=O)C(C)c1ccccc1OCc1ccccc1)c1ccccc1OCc1ccccc1. The van der Waals surface area contributed by atoms with Gasteiger partial charge in [-0.2, -0.15) is 0 Å². The fourth-order valence-corrected chi connectivity index (χ4v) is 4.09. The van der Waals surface area contributed by atoms with Gasteiger partial charge < -0.3 is 9.47 Å². The zero-order valence-electron chi connectivity index (χ0n) is 19.7. The standard InChI is InChI=1S/C31H30O3/c1-23(27-17-9-11-19-29(27)33-21-25-13-5-3-6-14-25)31(32)24(2)28-18-10-12-20-30(28)34-22-26-15-7-4-8-16-26/h3-20,23-24H,21-22H2,1-2H3. The molecular weight excluding hydrogens is 420 g/mol. The Labute approximate surface area is 202 Å². The molecule has 0 saturated carbocycles. The Morgan fingerprint density at radius 1 is 0.559 bits per heavy atom. The summed E-state index contributed by atoms with van der Waals surface area (Å²) in [6.07, 6.45) is 0. The average Bonchev–Trinajstić information content (AvgIpc) is 2.91. The summed E-state index contributed by atoms with van der Waals surface area (Å²) in [5.74, 6) is 0.987. The van der Waals surface area contributed by atoms with Gasteiger partial charge in [0.05, 0.1) is 0 Å². The minimum atomic E-state index is -0.316.